The van der Waals surface area contributed by atoms with Gasteiger partial charge in [-0.3, -0.25) is 28.9 Å². The van der Waals surface area contributed by atoms with Crippen LogP contribution < -0.4 is 10.6 Å². The van der Waals surface area contributed by atoms with Gasteiger partial charge in [0.25, 0.3) is 5.91 Å². The number of carbonyl (C=O) groups is 5. The highest BCUT2D eigenvalue weighted by Crippen LogP contribution is 2.42. The van der Waals surface area contributed by atoms with Gasteiger partial charge in [0.2, 0.25) is 17.7 Å². The summed E-state index contributed by atoms with van der Waals surface area (Å²) in [6.45, 7) is 0.591. The monoisotopic (exact) mass is 663 g/mol. The number of nitrogens with one attached hydrogen (secondary N) is 2. The number of carboxylic acids is 1. The Balaban J connectivity index is 1.02. The molecule has 1 unspecified atom stereocenters. The summed E-state index contributed by atoms with van der Waals surface area (Å²) in [6, 6.07) is 26.2. The van der Waals surface area contributed by atoms with Crippen LogP contribution in [0.3, 0.4) is 0 Å². The predicted molar refractivity (Wildman–Crippen MR) is 180 cm³/mol. The zero-order valence-corrected chi connectivity index (χ0v) is 27.4. The highest BCUT2D eigenvalue weighted by Gasteiger charge is 2.49. The number of hydrogen-bond acceptors (Lipinski definition) is 6. The van der Waals surface area contributed by atoms with E-state index in [1.165, 1.54) is 20.9 Å². The molecule has 49 heavy (non-hydrogen) atoms. The molecule has 2 saturated carbocycles. The molecule has 2 heterocycles. The van der Waals surface area contributed by atoms with E-state index >= 15 is 0 Å². The maximum Gasteiger partial charge on any atom is 0.322 e. The number of piperazine rings is 1. The fourth-order valence-electron chi connectivity index (χ4n) is 7.38. The number of nitrogens with zero attached hydrogens (tertiary/aromatic N) is 3. The Morgan fingerprint density at radius 3 is 1.73 bits per heavy atom. The Hall–Kier alpha value is -5.03. The van der Waals surface area contributed by atoms with E-state index in [0.717, 1.165) is 18.4 Å². The van der Waals surface area contributed by atoms with Crippen LogP contribution in [0.2, 0.25) is 0 Å². The maximum absolute atomic E-state index is 13.8. The fourth-order valence-corrected chi connectivity index (χ4v) is 7.38. The molecule has 4 aliphatic rings. The lowest BCUT2D eigenvalue weighted by atomic mass is 9.94. The molecule has 0 radical (unpaired) electrons. The van der Waals surface area contributed by atoms with E-state index < -0.39 is 23.8 Å². The summed E-state index contributed by atoms with van der Waals surface area (Å²) >= 11 is 0. The number of benzene rings is 3. The van der Waals surface area contributed by atoms with Crippen molar-refractivity contribution in [2.75, 3.05) is 33.2 Å². The van der Waals surface area contributed by atoms with Gasteiger partial charge in [-0.2, -0.15) is 0 Å². The van der Waals surface area contributed by atoms with Crippen LogP contribution >= 0.6 is 0 Å². The molecule has 3 N–H and O–H groups in total. The smallest absolute Gasteiger partial charge is 0.322 e. The molecule has 2 aliphatic carbocycles. The Bertz CT molecular complexity index is 1660. The first-order chi connectivity index (χ1) is 23.7. The van der Waals surface area contributed by atoms with Crippen LogP contribution in [0.1, 0.15) is 51.7 Å². The predicted octanol–water partition coefficient (Wildman–Crippen LogP) is 2.45. The molecule has 7 rings (SSSR count). The lowest BCUT2D eigenvalue weighted by molar-refractivity contribution is -0.151. The van der Waals surface area contributed by atoms with E-state index in [-0.39, 0.29) is 80.3 Å². The van der Waals surface area contributed by atoms with Crippen LogP contribution in [-0.4, -0.2) is 101 Å². The quantitative estimate of drug-likeness (QED) is 0.303. The molecule has 3 aromatic carbocycles. The lowest BCUT2D eigenvalue weighted by Crippen LogP contribution is -2.57. The third-order valence-electron chi connectivity index (χ3n) is 10.5. The average Bonchev–Trinajstić information content (AvgIpc) is 4.01. The van der Waals surface area contributed by atoms with Gasteiger partial charge in [-0.25, -0.2) is 0 Å². The maximum atomic E-state index is 13.8. The molecule has 0 spiro atoms. The van der Waals surface area contributed by atoms with E-state index in [4.69, 9.17) is 0 Å². The van der Waals surface area contributed by atoms with Gasteiger partial charge in [0.05, 0.1) is 18.4 Å². The minimum Gasteiger partial charge on any atom is -0.480 e. The minimum absolute atomic E-state index is 0.000219. The number of hydrogen-bond donors (Lipinski definition) is 3. The summed E-state index contributed by atoms with van der Waals surface area (Å²) in [4.78, 5) is 70.1. The number of rotatable bonds is 10. The summed E-state index contributed by atoms with van der Waals surface area (Å²) < 4.78 is 0. The van der Waals surface area contributed by atoms with Gasteiger partial charge in [-0.15, -0.1) is 0 Å². The van der Waals surface area contributed by atoms with E-state index in [1.807, 2.05) is 36.4 Å². The van der Waals surface area contributed by atoms with Gasteiger partial charge in [0, 0.05) is 55.7 Å². The van der Waals surface area contributed by atoms with Crippen molar-refractivity contribution in [3.8, 4) is 0 Å². The van der Waals surface area contributed by atoms with Crippen molar-refractivity contribution in [2.24, 2.45) is 11.8 Å². The van der Waals surface area contributed by atoms with Gasteiger partial charge in [0.1, 0.15) is 6.04 Å². The molecule has 2 saturated heterocycles. The standard InChI is InChI=1S/C38H41N5O6/c1-41-22-34(44)42(21-33(41)38(48)49)18-23-12-14-26(15-13-23)37(47)43-19-29(35(45)39-31-16-27(31)24-8-4-2-5-9-24)30(20-43)36(46)40-32-17-28(32)25-10-6-3-7-11-25/h2-15,27-33H,16-22H2,1H3,(H,39,45)(H,40,46)(H,48,49)/t27-,28-,29-,30-,31+,32+,33?/m1/s1. The summed E-state index contributed by atoms with van der Waals surface area (Å²) in [5.74, 6) is -2.71. The average molecular weight is 664 g/mol. The fraction of sp³-hybridized carbons (Fsp3) is 0.395. The third kappa shape index (κ3) is 7.07. The molecule has 3 aromatic rings. The van der Waals surface area contributed by atoms with E-state index in [2.05, 4.69) is 34.9 Å². The van der Waals surface area contributed by atoms with Crippen molar-refractivity contribution in [1.82, 2.24) is 25.3 Å². The summed E-state index contributed by atoms with van der Waals surface area (Å²) in [5.41, 5.74) is 3.53. The number of likely N-dealkylation sites (tertiary alicyclic amines) is 1. The summed E-state index contributed by atoms with van der Waals surface area (Å²) in [6.07, 6.45) is 1.68. The first-order valence-corrected chi connectivity index (χ1v) is 17.0. The molecule has 0 bridgehead atoms. The van der Waals surface area contributed by atoms with Gasteiger partial charge >= 0.3 is 5.97 Å². The molecular formula is C38H41N5O6. The van der Waals surface area contributed by atoms with Crippen molar-refractivity contribution in [3.05, 3.63) is 107 Å². The number of likely N-dealkylation sites (N-methyl/N-ethyl adjacent to an activating group) is 1. The highest BCUT2D eigenvalue weighted by molar-refractivity contribution is 5.97. The van der Waals surface area contributed by atoms with Gasteiger partial charge < -0.3 is 25.5 Å². The van der Waals surface area contributed by atoms with Crippen molar-refractivity contribution in [2.45, 2.75) is 49.3 Å². The van der Waals surface area contributed by atoms with Gasteiger partial charge in [0.15, 0.2) is 0 Å². The normalized spacial score (nSPS) is 27.8. The molecule has 7 atom stereocenters. The van der Waals surface area contributed by atoms with E-state index in [9.17, 15) is 29.1 Å². The Morgan fingerprint density at radius 1 is 0.735 bits per heavy atom. The second-order valence-electron chi connectivity index (χ2n) is 13.9. The van der Waals surface area contributed by atoms with Crippen LogP contribution in [0, 0.1) is 11.8 Å². The van der Waals surface area contributed by atoms with Gasteiger partial charge in [-0.05, 0) is 48.7 Å². The van der Waals surface area contributed by atoms with Crippen molar-refractivity contribution in [1.29, 1.82) is 0 Å². The SMILES string of the molecule is CN1CC(=O)N(Cc2ccc(C(=O)N3C[C@@H](C(=O)N[C@H]4C[C@@H]4c4ccccc4)[C@H](C(=O)N[C@H]4C[C@@H]4c4ccccc4)C3)cc2)CC1C(=O)O. The van der Waals surface area contributed by atoms with Crippen LogP contribution in [0.15, 0.2) is 84.9 Å². The Morgan fingerprint density at radius 2 is 1.24 bits per heavy atom. The highest BCUT2D eigenvalue weighted by atomic mass is 16.4. The summed E-state index contributed by atoms with van der Waals surface area (Å²) in [7, 11) is 1.62. The van der Waals surface area contributed by atoms with Crippen LogP contribution in [0.5, 0.6) is 0 Å². The van der Waals surface area contributed by atoms with Crippen molar-refractivity contribution >= 4 is 29.6 Å². The minimum atomic E-state index is -0.980. The molecule has 254 valence electrons. The number of amides is 4. The molecule has 4 amide bonds. The molecule has 2 aliphatic heterocycles. The first-order valence-electron chi connectivity index (χ1n) is 17.0. The Kier molecular flexibility index (Phi) is 8.94. The summed E-state index contributed by atoms with van der Waals surface area (Å²) in [5, 5.41) is 15.9. The zero-order chi connectivity index (χ0) is 34.2. The zero-order valence-electron chi connectivity index (χ0n) is 27.4. The number of carbonyl (C=O) groups excluding carboxylic acids is 4. The van der Waals surface area contributed by atoms with Crippen molar-refractivity contribution in [3.63, 3.8) is 0 Å². The van der Waals surface area contributed by atoms with Crippen LogP contribution in [0.4, 0.5) is 0 Å². The van der Waals surface area contributed by atoms with Crippen LogP contribution in [-0.2, 0) is 25.7 Å². The van der Waals surface area contributed by atoms with Crippen molar-refractivity contribution < 1.29 is 29.1 Å². The van der Waals surface area contributed by atoms with E-state index in [1.54, 1.807) is 36.2 Å². The lowest BCUT2D eigenvalue weighted by Gasteiger charge is -2.36. The van der Waals surface area contributed by atoms with Crippen LogP contribution in [0.25, 0.3) is 0 Å². The second kappa shape index (κ2) is 13.5. The topological polar surface area (TPSA) is 139 Å². The van der Waals surface area contributed by atoms with Gasteiger partial charge in [-0.1, -0.05) is 72.8 Å². The molecule has 4 fully saturated rings. The third-order valence-corrected chi connectivity index (χ3v) is 10.5. The second-order valence-corrected chi connectivity index (χ2v) is 13.9. The number of aliphatic carboxylic acids is 1. The molecular weight excluding hydrogens is 622 g/mol. The largest absolute Gasteiger partial charge is 0.480 e. The van der Waals surface area contributed by atoms with E-state index in [0.29, 0.717) is 5.56 Å². The first kappa shape index (κ1) is 32.5. The Labute approximate surface area is 285 Å². The molecule has 11 heteroatoms. The number of carboxylic acid groups (broad SMARTS) is 1. The molecule has 0 aromatic heterocycles. The molecule has 11 nitrogen and oxygen atoms in total.